The topological polar surface area (TPSA) is 78.9 Å². The molecule has 5 nitrogen and oxygen atoms in total. The summed E-state index contributed by atoms with van der Waals surface area (Å²) < 4.78 is 0. The minimum absolute atomic E-state index is 0.0250. The Morgan fingerprint density at radius 1 is 1.73 bits per heavy atom. The van der Waals surface area contributed by atoms with E-state index in [9.17, 15) is 4.79 Å². The Morgan fingerprint density at radius 3 is 2.73 bits per heavy atom. The largest absolute Gasteiger partial charge is 0.399 e. The summed E-state index contributed by atoms with van der Waals surface area (Å²) in [6, 6.07) is 0. The number of hydrogen-bond acceptors (Lipinski definition) is 4. The molecule has 1 aliphatic rings. The SMILES string of the molecule is CC.[B]N1CC(N)=C(N=CPCO)C1=O. The normalized spacial score (nSPS) is 16.7. The Kier molecular flexibility index (Phi) is 7.00. The highest BCUT2D eigenvalue weighted by Crippen LogP contribution is 2.15. The van der Waals surface area contributed by atoms with Crippen molar-refractivity contribution in [2.24, 2.45) is 10.7 Å². The van der Waals surface area contributed by atoms with Crippen molar-refractivity contribution in [3.63, 3.8) is 0 Å². The van der Waals surface area contributed by atoms with E-state index in [0.29, 0.717) is 5.70 Å². The van der Waals surface area contributed by atoms with Crippen molar-refractivity contribution in [2.45, 2.75) is 13.8 Å². The number of hydrogen-bond donors (Lipinski definition) is 2. The molecule has 15 heavy (non-hydrogen) atoms. The molecule has 1 amide bonds. The van der Waals surface area contributed by atoms with E-state index >= 15 is 0 Å². The molecule has 1 aliphatic heterocycles. The number of amides is 1. The minimum atomic E-state index is -0.378. The van der Waals surface area contributed by atoms with E-state index in [2.05, 4.69) is 4.99 Å². The molecule has 0 saturated carbocycles. The molecule has 0 aromatic heterocycles. The maximum absolute atomic E-state index is 11.2. The standard InChI is InChI=1S/C6H9BN3O2P.C2H6/c7-10-1-4(8)5(6(10)12)9-2-13-3-11;1-2/h2,11,13H,1,3,8H2;1-2H3. The van der Waals surface area contributed by atoms with Crippen LogP contribution >= 0.6 is 8.58 Å². The van der Waals surface area contributed by atoms with Crippen LogP contribution in [0.15, 0.2) is 16.4 Å². The highest BCUT2D eigenvalue weighted by Gasteiger charge is 2.24. The molecule has 1 atom stereocenters. The first-order valence-corrected chi connectivity index (χ1v) is 5.87. The number of aliphatic hydroxyl groups excluding tert-OH is 1. The van der Waals surface area contributed by atoms with Gasteiger partial charge in [-0.2, -0.15) is 0 Å². The van der Waals surface area contributed by atoms with Gasteiger partial charge in [0.25, 0.3) is 5.91 Å². The molecular formula is C8H15BN3O2P. The lowest BCUT2D eigenvalue weighted by Gasteiger charge is -2.06. The van der Waals surface area contributed by atoms with Gasteiger partial charge in [0.1, 0.15) is 5.70 Å². The summed E-state index contributed by atoms with van der Waals surface area (Å²) in [7, 11) is 5.48. The van der Waals surface area contributed by atoms with E-state index in [4.69, 9.17) is 18.8 Å². The van der Waals surface area contributed by atoms with Gasteiger partial charge in [-0.05, 0) is 0 Å². The molecule has 1 rings (SSSR count). The van der Waals surface area contributed by atoms with E-state index < -0.39 is 0 Å². The van der Waals surface area contributed by atoms with Crippen LogP contribution < -0.4 is 5.73 Å². The summed E-state index contributed by atoms with van der Waals surface area (Å²) in [6.45, 7) is 4.22. The molecule has 0 fully saturated rings. The third-order valence-corrected chi connectivity index (χ3v) is 1.98. The van der Waals surface area contributed by atoms with E-state index in [0.717, 1.165) is 4.81 Å². The van der Waals surface area contributed by atoms with Gasteiger partial charge in [0.05, 0.1) is 12.0 Å². The van der Waals surface area contributed by atoms with Gasteiger partial charge in [-0.1, -0.05) is 22.4 Å². The van der Waals surface area contributed by atoms with Crippen molar-refractivity contribution in [1.29, 1.82) is 0 Å². The number of nitrogens with two attached hydrogens (primary N) is 1. The van der Waals surface area contributed by atoms with E-state index in [1.165, 1.54) is 5.96 Å². The lowest BCUT2D eigenvalue weighted by Crippen LogP contribution is -2.23. The maximum atomic E-state index is 11.2. The molecule has 0 aliphatic carbocycles. The zero-order valence-electron chi connectivity index (χ0n) is 8.90. The third kappa shape index (κ3) is 4.02. The zero-order chi connectivity index (χ0) is 11.8. The molecule has 1 unspecified atom stereocenters. The second-order valence-corrected chi connectivity index (χ2v) is 3.41. The Balaban J connectivity index is 0.000000921. The van der Waals surface area contributed by atoms with Gasteiger partial charge in [-0.25, -0.2) is 4.99 Å². The Hall–Kier alpha value is -0.865. The fourth-order valence-corrected chi connectivity index (χ4v) is 1.19. The van der Waals surface area contributed by atoms with Crippen LogP contribution in [0.3, 0.4) is 0 Å². The third-order valence-electron chi connectivity index (χ3n) is 1.48. The Labute approximate surface area is 92.6 Å². The van der Waals surface area contributed by atoms with Crippen LogP contribution in [0.2, 0.25) is 0 Å². The molecule has 0 aromatic rings. The van der Waals surface area contributed by atoms with Crippen molar-refractivity contribution in [2.75, 3.05) is 12.9 Å². The second-order valence-electron chi connectivity index (χ2n) is 2.43. The van der Waals surface area contributed by atoms with Crippen molar-refractivity contribution in [3.8, 4) is 0 Å². The van der Waals surface area contributed by atoms with Gasteiger partial charge < -0.3 is 15.7 Å². The van der Waals surface area contributed by atoms with Gasteiger partial charge in [0.2, 0.25) is 7.98 Å². The predicted molar refractivity (Wildman–Crippen MR) is 63.9 cm³/mol. The van der Waals surface area contributed by atoms with Crippen LogP contribution in [-0.4, -0.2) is 42.7 Å². The first-order chi connectivity index (χ1) is 7.16. The van der Waals surface area contributed by atoms with Crippen LogP contribution in [-0.2, 0) is 4.79 Å². The maximum Gasteiger partial charge on any atom is 0.261 e. The highest BCUT2D eigenvalue weighted by molar-refractivity contribution is 7.55. The van der Waals surface area contributed by atoms with Crippen LogP contribution in [0.4, 0.5) is 0 Å². The van der Waals surface area contributed by atoms with Crippen molar-refractivity contribution in [3.05, 3.63) is 11.4 Å². The smallest absolute Gasteiger partial charge is 0.261 e. The number of nitrogens with zero attached hydrogens (tertiary/aromatic N) is 2. The summed E-state index contributed by atoms with van der Waals surface area (Å²) in [5.41, 5.74) is 6.06. The van der Waals surface area contributed by atoms with E-state index in [-0.39, 0.29) is 33.1 Å². The second kappa shape index (κ2) is 7.43. The average Bonchev–Trinajstić information content (AvgIpc) is 2.48. The summed E-state index contributed by atoms with van der Waals surface area (Å²) >= 11 is 0. The first kappa shape index (κ1) is 14.1. The van der Waals surface area contributed by atoms with E-state index in [1.54, 1.807) is 0 Å². The van der Waals surface area contributed by atoms with Crippen LogP contribution in [0.25, 0.3) is 0 Å². The molecule has 0 bridgehead atoms. The van der Waals surface area contributed by atoms with Gasteiger partial charge >= 0.3 is 0 Å². The lowest BCUT2D eigenvalue weighted by molar-refractivity contribution is -0.121. The number of rotatable bonds is 3. The van der Waals surface area contributed by atoms with Crippen molar-refractivity contribution < 1.29 is 9.90 Å². The van der Waals surface area contributed by atoms with Crippen molar-refractivity contribution >= 4 is 28.4 Å². The Bertz CT molecular complexity index is 281. The fourth-order valence-electron chi connectivity index (χ4n) is 0.893. The van der Waals surface area contributed by atoms with Crippen molar-refractivity contribution in [1.82, 2.24) is 4.81 Å². The van der Waals surface area contributed by atoms with Gasteiger partial charge in [-0.15, -0.1) is 0 Å². The average molecular weight is 227 g/mol. The minimum Gasteiger partial charge on any atom is -0.399 e. The van der Waals surface area contributed by atoms with Gasteiger partial charge in [0, 0.05) is 12.5 Å². The van der Waals surface area contributed by atoms with Crippen LogP contribution in [0, 0.1) is 0 Å². The lowest BCUT2D eigenvalue weighted by atomic mass is 10.3. The molecule has 0 saturated heterocycles. The molecule has 1 heterocycles. The molecule has 2 radical (unpaired) electrons. The molecule has 7 heteroatoms. The highest BCUT2D eigenvalue weighted by atomic mass is 31.1. The number of aliphatic imine (C=N–C) groups is 1. The molecule has 0 spiro atoms. The summed E-state index contributed by atoms with van der Waals surface area (Å²) in [5, 5.41) is 8.48. The van der Waals surface area contributed by atoms with E-state index in [1.807, 2.05) is 13.8 Å². The number of aliphatic hydroxyl groups is 1. The summed E-state index contributed by atoms with van der Waals surface area (Å²) in [6.07, 6.45) is 0.0250. The quantitative estimate of drug-likeness (QED) is 0.397. The first-order valence-electron chi connectivity index (χ1n) is 4.58. The molecular weight excluding hydrogens is 212 g/mol. The zero-order valence-corrected chi connectivity index (χ0v) is 9.90. The number of carbonyl (C=O) groups is 1. The fraction of sp³-hybridized carbons (Fsp3) is 0.500. The predicted octanol–water partition coefficient (Wildman–Crippen LogP) is -0.235. The van der Waals surface area contributed by atoms with Crippen LogP contribution in [0.1, 0.15) is 13.8 Å². The Morgan fingerprint density at radius 2 is 2.33 bits per heavy atom. The molecule has 3 N–H and O–H groups in total. The molecule has 0 aromatic carbocycles. The van der Waals surface area contributed by atoms with Crippen LogP contribution in [0.5, 0.6) is 0 Å². The summed E-state index contributed by atoms with van der Waals surface area (Å²) in [5.74, 6) is 1.09. The number of carbonyl (C=O) groups excluding carboxylic acids is 1. The molecule has 82 valence electrons. The van der Waals surface area contributed by atoms with Gasteiger partial charge in [-0.3, -0.25) is 4.79 Å². The summed E-state index contributed by atoms with van der Waals surface area (Å²) in [4.78, 5) is 16.0. The van der Waals surface area contributed by atoms with Gasteiger partial charge in [0.15, 0.2) is 0 Å². The monoisotopic (exact) mass is 227 g/mol.